The van der Waals surface area contributed by atoms with Gasteiger partial charge in [0.05, 0.1) is 5.75 Å². The number of aromatic nitrogens is 2. The van der Waals surface area contributed by atoms with Gasteiger partial charge in [-0.15, -0.1) is 0 Å². The van der Waals surface area contributed by atoms with Crippen molar-refractivity contribution in [3.8, 4) is 0 Å². The molecule has 1 fully saturated rings. The third kappa shape index (κ3) is 3.04. The van der Waals surface area contributed by atoms with Gasteiger partial charge in [0, 0.05) is 18.3 Å². The first-order valence-corrected chi connectivity index (χ1v) is 6.68. The quantitative estimate of drug-likeness (QED) is 0.595. The Bertz CT molecular complexity index is 358. The number of Topliss-reactive ketones (excluding diaryl/α,β-unsaturated/α-hetero) is 1. The predicted molar refractivity (Wildman–Crippen MR) is 64.5 cm³/mol. The number of carbonyl (C=O) groups is 1. The maximum Gasteiger partial charge on any atom is 0.187 e. The summed E-state index contributed by atoms with van der Waals surface area (Å²) < 4.78 is 0. The highest BCUT2D eigenvalue weighted by molar-refractivity contribution is 7.99. The second kappa shape index (κ2) is 5.43. The molecule has 0 saturated heterocycles. The molecule has 2 rings (SSSR count). The highest BCUT2D eigenvalue weighted by Crippen LogP contribution is 2.27. The minimum absolute atomic E-state index is 0.304. The summed E-state index contributed by atoms with van der Waals surface area (Å²) in [6.45, 7) is 1.96. The first kappa shape index (κ1) is 11.6. The summed E-state index contributed by atoms with van der Waals surface area (Å²) in [5, 5.41) is 0.706. The van der Waals surface area contributed by atoms with E-state index in [9.17, 15) is 4.79 Å². The Morgan fingerprint density at radius 2 is 2.00 bits per heavy atom. The van der Waals surface area contributed by atoms with Gasteiger partial charge in [-0.05, 0) is 25.3 Å². The molecule has 0 bridgehead atoms. The van der Waals surface area contributed by atoms with Gasteiger partial charge >= 0.3 is 0 Å². The molecule has 4 heteroatoms. The van der Waals surface area contributed by atoms with Gasteiger partial charge in [-0.3, -0.25) is 4.79 Å². The zero-order valence-corrected chi connectivity index (χ0v) is 10.3. The van der Waals surface area contributed by atoms with Crippen LogP contribution in [0.4, 0.5) is 0 Å². The van der Waals surface area contributed by atoms with Crippen LogP contribution in [0.5, 0.6) is 0 Å². The summed E-state index contributed by atoms with van der Waals surface area (Å²) in [5.41, 5.74) is 1.05. The van der Waals surface area contributed by atoms with E-state index < -0.39 is 0 Å². The van der Waals surface area contributed by atoms with Gasteiger partial charge in [0.2, 0.25) is 0 Å². The Kier molecular flexibility index (Phi) is 3.93. The lowest BCUT2D eigenvalue weighted by molar-refractivity contribution is -0.120. The Morgan fingerprint density at radius 1 is 1.38 bits per heavy atom. The van der Waals surface area contributed by atoms with Crippen LogP contribution in [0, 0.1) is 12.8 Å². The molecule has 1 saturated carbocycles. The summed E-state index contributed by atoms with van der Waals surface area (Å²) in [5.74, 6) is 1.19. The summed E-state index contributed by atoms with van der Waals surface area (Å²) in [4.78, 5) is 20.2. The SMILES string of the molecule is Cc1cnc(SCC(=O)C2CCCC2)nc1. The molecule has 0 amide bonds. The molecule has 1 aliphatic carbocycles. The second-order valence-electron chi connectivity index (χ2n) is 4.28. The number of hydrogen-bond acceptors (Lipinski definition) is 4. The highest BCUT2D eigenvalue weighted by Gasteiger charge is 2.22. The van der Waals surface area contributed by atoms with Gasteiger partial charge in [-0.25, -0.2) is 9.97 Å². The molecule has 0 aromatic carbocycles. The molecule has 0 spiro atoms. The lowest BCUT2D eigenvalue weighted by atomic mass is 10.0. The number of hydrogen-bond donors (Lipinski definition) is 0. The highest BCUT2D eigenvalue weighted by atomic mass is 32.2. The van der Waals surface area contributed by atoms with E-state index in [2.05, 4.69) is 9.97 Å². The van der Waals surface area contributed by atoms with Gasteiger partial charge in [0.1, 0.15) is 5.78 Å². The fraction of sp³-hybridized carbons (Fsp3) is 0.583. The predicted octanol–water partition coefficient (Wildman–Crippen LogP) is 2.64. The number of rotatable bonds is 4. The molecule has 86 valence electrons. The monoisotopic (exact) mass is 236 g/mol. The molecule has 16 heavy (non-hydrogen) atoms. The topological polar surface area (TPSA) is 42.9 Å². The molecule has 3 nitrogen and oxygen atoms in total. The van der Waals surface area contributed by atoms with Crippen LogP contribution in [0.15, 0.2) is 17.6 Å². The first-order valence-electron chi connectivity index (χ1n) is 5.70. The molecule has 1 aliphatic rings. The Balaban J connectivity index is 1.82. The van der Waals surface area contributed by atoms with Crippen molar-refractivity contribution in [1.29, 1.82) is 0 Å². The van der Waals surface area contributed by atoms with E-state index in [0.29, 0.717) is 22.6 Å². The number of carbonyl (C=O) groups excluding carboxylic acids is 1. The molecule has 1 heterocycles. The number of ketones is 1. The van der Waals surface area contributed by atoms with Gasteiger partial charge in [-0.1, -0.05) is 24.6 Å². The summed E-state index contributed by atoms with van der Waals surface area (Å²) in [6, 6.07) is 0. The minimum atomic E-state index is 0.304. The Morgan fingerprint density at radius 3 is 2.62 bits per heavy atom. The van der Waals surface area contributed by atoms with E-state index in [4.69, 9.17) is 0 Å². The average Bonchev–Trinajstić information content (AvgIpc) is 2.81. The van der Waals surface area contributed by atoms with E-state index >= 15 is 0 Å². The van der Waals surface area contributed by atoms with E-state index in [1.165, 1.54) is 24.6 Å². The normalized spacial score (nSPS) is 16.6. The van der Waals surface area contributed by atoms with Crippen molar-refractivity contribution < 1.29 is 4.79 Å². The second-order valence-corrected chi connectivity index (χ2v) is 5.22. The lowest BCUT2D eigenvalue weighted by Gasteiger charge is -2.06. The fourth-order valence-electron chi connectivity index (χ4n) is 1.96. The van der Waals surface area contributed by atoms with Crippen molar-refractivity contribution in [2.24, 2.45) is 5.92 Å². The molecule has 0 unspecified atom stereocenters. The van der Waals surface area contributed by atoms with Gasteiger partial charge in [0.15, 0.2) is 5.16 Å². The van der Waals surface area contributed by atoms with Crippen molar-refractivity contribution in [2.45, 2.75) is 37.8 Å². The molecule has 0 aliphatic heterocycles. The Labute approximate surface area is 100 Å². The maximum atomic E-state index is 11.8. The largest absolute Gasteiger partial charge is 0.298 e. The maximum absolute atomic E-state index is 11.8. The van der Waals surface area contributed by atoms with Crippen molar-refractivity contribution in [3.05, 3.63) is 18.0 Å². The van der Waals surface area contributed by atoms with Crippen LogP contribution >= 0.6 is 11.8 Å². The molecule has 0 radical (unpaired) electrons. The van der Waals surface area contributed by atoms with Crippen LogP contribution in [0.1, 0.15) is 31.2 Å². The average molecular weight is 236 g/mol. The number of thioether (sulfide) groups is 1. The van der Waals surface area contributed by atoms with Crippen molar-refractivity contribution in [1.82, 2.24) is 9.97 Å². The summed E-state index contributed by atoms with van der Waals surface area (Å²) in [7, 11) is 0. The van der Waals surface area contributed by atoms with E-state index in [1.54, 1.807) is 12.4 Å². The molecular formula is C12H16N2OS. The standard InChI is InChI=1S/C12H16N2OS/c1-9-6-13-12(14-7-9)16-8-11(15)10-4-2-3-5-10/h6-7,10H,2-5,8H2,1H3. The first-order chi connectivity index (χ1) is 7.75. The molecule has 1 aromatic rings. The minimum Gasteiger partial charge on any atom is -0.298 e. The smallest absolute Gasteiger partial charge is 0.187 e. The van der Waals surface area contributed by atoms with Crippen LogP contribution in [0.25, 0.3) is 0 Å². The third-order valence-corrected chi connectivity index (χ3v) is 3.81. The van der Waals surface area contributed by atoms with Crippen molar-refractivity contribution in [3.63, 3.8) is 0 Å². The van der Waals surface area contributed by atoms with Gasteiger partial charge in [-0.2, -0.15) is 0 Å². The van der Waals surface area contributed by atoms with E-state index in [0.717, 1.165) is 18.4 Å². The van der Waals surface area contributed by atoms with Crippen molar-refractivity contribution >= 4 is 17.5 Å². The molecule has 0 N–H and O–H groups in total. The van der Waals surface area contributed by atoms with Crippen LogP contribution < -0.4 is 0 Å². The number of nitrogens with zero attached hydrogens (tertiary/aromatic N) is 2. The molecule has 1 aromatic heterocycles. The van der Waals surface area contributed by atoms with Crippen molar-refractivity contribution in [2.75, 3.05) is 5.75 Å². The Hall–Kier alpha value is -0.900. The third-order valence-electron chi connectivity index (χ3n) is 2.91. The molecule has 0 atom stereocenters. The van der Waals surface area contributed by atoms with Crippen LogP contribution in [0.3, 0.4) is 0 Å². The van der Waals surface area contributed by atoms with Gasteiger partial charge < -0.3 is 0 Å². The summed E-state index contributed by atoms with van der Waals surface area (Å²) in [6.07, 6.45) is 8.15. The molecular weight excluding hydrogens is 220 g/mol. The lowest BCUT2D eigenvalue weighted by Crippen LogP contribution is -2.13. The van der Waals surface area contributed by atoms with Crippen LogP contribution in [0.2, 0.25) is 0 Å². The number of aryl methyl sites for hydroxylation is 1. The van der Waals surface area contributed by atoms with Crippen LogP contribution in [-0.2, 0) is 4.79 Å². The zero-order chi connectivity index (χ0) is 11.4. The fourth-order valence-corrected chi connectivity index (χ4v) is 2.72. The van der Waals surface area contributed by atoms with Gasteiger partial charge in [0.25, 0.3) is 0 Å². The zero-order valence-electron chi connectivity index (χ0n) is 9.48. The summed E-state index contributed by atoms with van der Waals surface area (Å²) >= 11 is 1.45. The van der Waals surface area contributed by atoms with Crippen LogP contribution in [-0.4, -0.2) is 21.5 Å². The van der Waals surface area contributed by atoms with E-state index in [-0.39, 0.29) is 0 Å². The van der Waals surface area contributed by atoms with E-state index in [1.807, 2.05) is 6.92 Å².